The van der Waals surface area contributed by atoms with E-state index in [1.165, 1.54) is 12.1 Å². The highest BCUT2D eigenvalue weighted by Crippen LogP contribution is 2.21. The van der Waals surface area contributed by atoms with Crippen molar-refractivity contribution in [2.45, 2.75) is 6.92 Å². The highest BCUT2D eigenvalue weighted by molar-refractivity contribution is 14.1. The molecule has 0 aliphatic carbocycles. The number of hydrogen-bond acceptors (Lipinski definition) is 1. The van der Waals surface area contributed by atoms with Crippen LogP contribution in [0.3, 0.4) is 0 Å². The molecule has 0 bridgehead atoms. The van der Waals surface area contributed by atoms with Gasteiger partial charge in [0.15, 0.2) is 0 Å². The van der Waals surface area contributed by atoms with Crippen molar-refractivity contribution >= 4 is 28.6 Å². The predicted molar refractivity (Wildman–Crippen MR) is 70.1 cm³/mol. The first-order valence-electron chi connectivity index (χ1n) is 4.87. The predicted octanol–water partition coefficient (Wildman–Crippen LogP) is 3.23. The number of halogens is 2. The number of aromatic nitrogens is 1. The number of aromatic carboxylic acids is 1. The molecule has 0 atom stereocenters. The summed E-state index contributed by atoms with van der Waals surface area (Å²) in [6.45, 7) is 1.75. The fourth-order valence-corrected chi connectivity index (χ4v) is 2.26. The van der Waals surface area contributed by atoms with Gasteiger partial charge in [0.25, 0.3) is 0 Å². The van der Waals surface area contributed by atoms with E-state index in [0.29, 0.717) is 11.3 Å². The monoisotopic (exact) mass is 345 g/mol. The number of carbonyl (C=O) groups is 1. The molecule has 88 valence electrons. The first-order chi connectivity index (χ1) is 7.99. The molecule has 0 radical (unpaired) electrons. The summed E-state index contributed by atoms with van der Waals surface area (Å²) >= 11 is 2.05. The Morgan fingerprint density at radius 2 is 2.12 bits per heavy atom. The van der Waals surface area contributed by atoms with Crippen molar-refractivity contribution < 1.29 is 14.3 Å². The van der Waals surface area contributed by atoms with E-state index in [-0.39, 0.29) is 11.5 Å². The molecule has 1 aromatic carbocycles. The summed E-state index contributed by atoms with van der Waals surface area (Å²) < 4.78 is 15.4. The molecule has 1 aromatic heterocycles. The third-order valence-electron chi connectivity index (χ3n) is 2.42. The summed E-state index contributed by atoms with van der Waals surface area (Å²) in [6.07, 6.45) is 1.71. The molecule has 1 heterocycles. The highest BCUT2D eigenvalue weighted by atomic mass is 127. The van der Waals surface area contributed by atoms with E-state index >= 15 is 0 Å². The lowest BCUT2D eigenvalue weighted by Crippen LogP contribution is -2.06. The van der Waals surface area contributed by atoms with Gasteiger partial charge in [-0.1, -0.05) is 0 Å². The van der Waals surface area contributed by atoms with Crippen molar-refractivity contribution in [3.8, 4) is 5.69 Å². The number of nitrogens with zero attached hydrogens (tertiary/aromatic N) is 1. The molecule has 0 saturated carbocycles. The van der Waals surface area contributed by atoms with Crippen LogP contribution in [0.2, 0.25) is 0 Å². The van der Waals surface area contributed by atoms with Crippen LogP contribution >= 0.6 is 22.6 Å². The molecule has 2 rings (SSSR count). The van der Waals surface area contributed by atoms with E-state index in [0.717, 1.165) is 3.57 Å². The summed E-state index contributed by atoms with van der Waals surface area (Å²) in [5.74, 6) is -1.33. The molecule has 1 N–H and O–H groups in total. The lowest BCUT2D eigenvalue weighted by molar-refractivity contribution is 0.0688. The van der Waals surface area contributed by atoms with Crippen molar-refractivity contribution in [3.63, 3.8) is 0 Å². The van der Waals surface area contributed by atoms with Gasteiger partial charge >= 0.3 is 5.97 Å². The second kappa shape index (κ2) is 4.48. The van der Waals surface area contributed by atoms with Crippen LogP contribution < -0.4 is 0 Å². The molecule has 0 saturated heterocycles. The van der Waals surface area contributed by atoms with Gasteiger partial charge in [-0.2, -0.15) is 0 Å². The maximum absolute atomic E-state index is 13.0. The van der Waals surface area contributed by atoms with E-state index in [2.05, 4.69) is 0 Å². The van der Waals surface area contributed by atoms with E-state index in [9.17, 15) is 9.18 Å². The zero-order chi connectivity index (χ0) is 12.6. The van der Waals surface area contributed by atoms with E-state index in [1.807, 2.05) is 22.6 Å². The Bertz CT molecular complexity index is 592. The largest absolute Gasteiger partial charge is 0.477 e. The summed E-state index contributed by atoms with van der Waals surface area (Å²) in [7, 11) is 0. The molecular weight excluding hydrogens is 336 g/mol. The Morgan fingerprint density at radius 3 is 2.71 bits per heavy atom. The summed E-state index contributed by atoms with van der Waals surface area (Å²) in [6, 6.07) is 5.85. The van der Waals surface area contributed by atoms with Gasteiger partial charge in [0.1, 0.15) is 11.5 Å². The van der Waals surface area contributed by atoms with Crippen molar-refractivity contribution in [2.75, 3.05) is 0 Å². The van der Waals surface area contributed by atoms with Crippen molar-refractivity contribution in [2.24, 2.45) is 0 Å². The second-order valence-electron chi connectivity index (χ2n) is 3.65. The Morgan fingerprint density at radius 1 is 1.41 bits per heavy atom. The van der Waals surface area contributed by atoms with Gasteiger partial charge in [-0.05, 0) is 59.3 Å². The van der Waals surface area contributed by atoms with Crippen molar-refractivity contribution in [3.05, 3.63) is 51.1 Å². The van der Waals surface area contributed by atoms with E-state index < -0.39 is 5.97 Å². The Kier molecular flexibility index (Phi) is 3.19. The van der Waals surface area contributed by atoms with Gasteiger partial charge in [-0.15, -0.1) is 0 Å². The number of carboxylic acid groups (broad SMARTS) is 1. The molecule has 0 unspecified atom stereocenters. The minimum absolute atomic E-state index is 0.170. The van der Waals surface area contributed by atoms with Crippen LogP contribution in [0.4, 0.5) is 4.39 Å². The fourth-order valence-electron chi connectivity index (χ4n) is 1.68. The zero-order valence-corrected chi connectivity index (χ0v) is 11.1. The Labute approximate surface area is 111 Å². The normalized spacial score (nSPS) is 10.5. The maximum Gasteiger partial charge on any atom is 0.352 e. The van der Waals surface area contributed by atoms with Gasteiger partial charge in [0.2, 0.25) is 0 Å². The van der Waals surface area contributed by atoms with Crippen LogP contribution in [0.5, 0.6) is 0 Å². The lowest BCUT2D eigenvalue weighted by Gasteiger charge is -2.09. The maximum atomic E-state index is 13.0. The number of rotatable bonds is 2. The van der Waals surface area contributed by atoms with E-state index in [1.54, 1.807) is 29.8 Å². The quantitative estimate of drug-likeness (QED) is 0.850. The molecule has 0 aliphatic rings. The average molecular weight is 345 g/mol. The summed E-state index contributed by atoms with van der Waals surface area (Å²) in [5, 5.41) is 9.09. The molecule has 0 amide bonds. The zero-order valence-electron chi connectivity index (χ0n) is 8.95. The fraction of sp³-hybridized carbons (Fsp3) is 0.0833. The molecule has 17 heavy (non-hydrogen) atoms. The number of aryl methyl sites for hydroxylation is 1. The van der Waals surface area contributed by atoms with Crippen LogP contribution in [0, 0.1) is 16.3 Å². The number of hydrogen-bond donors (Lipinski definition) is 1. The average Bonchev–Trinajstić information content (AvgIpc) is 2.60. The second-order valence-corrected chi connectivity index (χ2v) is 4.90. The molecule has 2 aromatic rings. The van der Waals surface area contributed by atoms with Gasteiger partial charge in [0.05, 0.1) is 0 Å². The summed E-state index contributed by atoms with van der Waals surface area (Å²) in [5.41, 5.74) is 1.54. The molecule has 0 spiro atoms. The Balaban J connectivity index is 2.63. The molecule has 0 fully saturated rings. The van der Waals surface area contributed by atoms with Crippen LogP contribution in [0.15, 0.2) is 30.5 Å². The van der Waals surface area contributed by atoms with Gasteiger partial charge in [-0.3, -0.25) is 0 Å². The first kappa shape index (κ1) is 12.1. The van der Waals surface area contributed by atoms with Crippen LogP contribution in [0.25, 0.3) is 5.69 Å². The van der Waals surface area contributed by atoms with Crippen molar-refractivity contribution in [1.29, 1.82) is 0 Å². The summed E-state index contributed by atoms with van der Waals surface area (Å²) in [4.78, 5) is 11.1. The smallest absolute Gasteiger partial charge is 0.352 e. The van der Waals surface area contributed by atoms with Crippen LogP contribution in [-0.4, -0.2) is 15.6 Å². The topological polar surface area (TPSA) is 42.2 Å². The molecule has 5 heteroatoms. The highest BCUT2D eigenvalue weighted by Gasteiger charge is 2.14. The molecule has 0 aliphatic heterocycles. The lowest BCUT2D eigenvalue weighted by atomic mass is 10.2. The van der Waals surface area contributed by atoms with Crippen LogP contribution in [0.1, 0.15) is 16.1 Å². The van der Waals surface area contributed by atoms with E-state index in [4.69, 9.17) is 5.11 Å². The Hall–Kier alpha value is -1.37. The van der Waals surface area contributed by atoms with Crippen molar-refractivity contribution in [1.82, 2.24) is 4.57 Å². The van der Waals surface area contributed by atoms with Gasteiger partial charge in [0, 0.05) is 15.5 Å². The number of carboxylic acids is 1. The van der Waals surface area contributed by atoms with Gasteiger partial charge in [-0.25, -0.2) is 9.18 Å². The van der Waals surface area contributed by atoms with Crippen LogP contribution in [-0.2, 0) is 0 Å². The van der Waals surface area contributed by atoms with Gasteiger partial charge < -0.3 is 9.67 Å². The molecule has 3 nitrogen and oxygen atoms in total. The minimum atomic E-state index is -1.00. The molecular formula is C12H9FINO2. The third kappa shape index (κ3) is 2.33. The first-order valence-corrected chi connectivity index (χ1v) is 5.94. The SMILES string of the molecule is Cc1cc(F)ccc1-n1cc(I)cc1C(=O)O. The third-order valence-corrected chi connectivity index (χ3v) is 3.01. The minimum Gasteiger partial charge on any atom is -0.477 e. The number of benzene rings is 1. The standard InChI is InChI=1S/C12H9FINO2/c1-7-4-8(13)2-3-10(7)15-6-9(14)5-11(15)12(16)17/h2-6H,1H3,(H,16,17).